The SMILES string of the molecule is Cc1ccc(C)c(NC(=O)[C@H](C)OC(=O)c2cc(O)c3ccccc3c2O)c1. The Balaban J connectivity index is 1.79. The van der Waals surface area contributed by atoms with Gasteiger partial charge in [-0.3, -0.25) is 4.79 Å². The van der Waals surface area contributed by atoms with E-state index in [9.17, 15) is 19.8 Å². The number of ether oxygens (including phenoxy) is 1. The van der Waals surface area contributed by atoms with Crippen LogP contribution in [0, 0.1) is 13.8 Å². The molecular formula is C22H21NO5. The van der Waals surface area contributed by atoms with Crippen LogP contribution >= 0.6 is 0 Å². The molecule has 3 rings (SSSR count). The molecule has 144 valence electrons. The Morgan fingerprint density at radius 3 is 2.39 bits per heavy atom. The van der Waals surface area contributed by atoms with Gasteiger partial charge < -0.3 is 20.3 Å². The summed E-state index contributed by atoms with van der Waals surface area (Å²) in [5, 5.41) is 24.0. The number of nitrogens with one attached hydrogen (secondary N) is 1. The molecule has 0 aliphatic heterocycles. The summed E-state index contributed by atoms with van der Waals surface area (Å²) in [4.78, 5) is 24.9. The fourth-order valence-electron chi connectivity index (χ4n) is 2.88. The van der Waals surface area contributed by atoms with Crippen LogP contribution in [0.3, 0.4) is 0 Å². The van der Waals surface area contributed by atoms with Gasteiger partial charge in [0.05, 0.1) is 0 Å². The summed E-state index contributed by atoms with van der Waals surface area (Å²) in [5.74, 6) is -1.86. The molecule has 28 heavy (non-hydrogen) atoms. The molecule has 3 N–H and O–H groups in total. The molecule has 3 aromatic carbocycles. The predicted molar refractivity (Wildman–Crippen MR) is 107 cm³/mol. The maximum absolute atomic E-state index is 12.5. The number of aryl methyl sites for hydroxylation is 2. The number of carbonyl (C=O) groups is 2. The molecule has 0 saturated heterocycles. The summed E-state index contributed by atoms with van der Waals surface area (Å²) >= 11 is 0. The van der Waals surface area contributed by atoms with E-state index in [0.717, 1.165) is 17.2 Å². The molecule has 6 heteroatoms. The highest BCUT2D eigenvalue weighted by Crippen LogP contribution is 2.35. The van der Waals surface area contributed by atoms with Crippen LogP contribution in [-0.4, -0.2) is 28.2 Å². The summed E-state index contributed by atoms with van der Waals surface area (Å²) < 4.78 is 5.20. The van der Waals surface area contributed by atoms with Gasteiger partial charge in [0, 0.05) is 16.5 Å². The topological polar surface area (TPSA) is 95.9 Å². The van der Waals surface area contributed by atoms with Crippen molar-refractivity contribution >= 4 is 28.3 Å². The molecule has 0 fully saturated rings. The van der Waals surface area contributed by atoms with Crippen LogP contribution in [0.2, 0.25) is 0 Å². The van der Waals surface area contributed by atoms with Crippen molar-refractivity contribution < 1.29 is 24.5 Å². The van der Waals surface area contributed by atoms with Crippen LogP contribution in [-0.2, 0) is 9.53 Å². The number of aromatic hydroxyl groups is 2. The summed E-state index contributed by atoms with van der Waals surface area (Å²) in [6.07, 6.45) is -1.10. The lowest BCUT2D eigenvalue weighted by atomic mass is 10.0. The Bertz CT molecular complexity index is 1070. The number of benzene rings is 3. The van der Waals surface area contributed by atoms with E-state index in [4.69, 9.17) is 4.74 Å². The summed E-state index contributed by atoms with van der Waals surface area (Å²) in [6.45, 7) is 5.21. The van der Waals surface area contributed by atoms with E-state index in [1.54, 1.807) is 24.3 Å². The normalized spacial score (nSPS) is 11.8. The number of fused-ring (bicyclic) bond motifs is 1. The van der Waals surface area contributed by atoms with Crippen molar-refractivity contribution in [3.05, 3.63) is 65.2 Å². The monoisotopic (exact) mass is 379 g/mol. The van der Waals surface area contributed by atoms with Gasteiger partial charge in [0.1, 0.15) is 17.1 Å². The minimum Gasteiger partial charge on any atom is -0.507 e. The fourth-order valence-corrected chi connectivity index (χ4v) is 2.88. The molecular weight excluding hydrogens is 358 g/mol. The fraction of sp³-hybridized carbons (Fsp3) is 0.182. The molecule has 0 aliphatic rings. The zero-order valence-electron chi connectivity index (χ0n) is 15.8. The summed E-state index contributed by atoms with van der Waals surface area (Å²) in [7, 11) is 0. The Kier molecular flexibility index (Phi) is 5.22. The molecule has 0 unspecified atom stereocenters. The van der Waals surface area contributed by atoms with Crippen LogP contribution < -0.4 is 5.32 Å². The summed E-state index contributed by atoms with van der Waals surface area (Å²) in [6, 6.07) is 13.4. The number of anilines is 1. The van der Waals surface area contributed by atoms with Gasteiger partial charge in [0.15, 0.2) is 6.10 Å². The van der Waals surface area contributed by atoms with E-state index in [1.165, 1.54) is 6.92 Å². The molecule has 0 saturated carbocycles. The highest BCUT2D eigenvalue weighted by atomic mass is 16.5. The third kappa shape index (κ3) is 3.76. The van der Waals surface area contributed by atoms with E-state index >= 15 is 0 Å². The van der Waals surface area contributed by atoms with Crippen LogP contribution in [0.25, 0.3) is 10.8 Å². The smallest absolute Gasteiger partial charge is 0.342 e. The highest BCUT2D eigenvalue weighted by molar-refractivity contribution is 6.05. The minimum absolute atomic E-state index is 0.159. The third-order valence-electron chi connectivity index (χ3n) is 4.52. The van der Waals surface area contributed by atoms with E-state index in [0.29, 0.717) is 16.5 Å². The van der Waals surface area contributed by atoms with Gasteiger partial charge in [-0.25, -0.2) is 4.79 Å². The first-order chi connectivity index (χ1) is 13.3. The number of esters is 1. The number of phenols is 2. The van der Waals surface area contributed by atoms with E-state index < -0.39 is 18.0 Å². The first-order valence-corrected chi connectivity index (χ1v) is 8.80. The first kappa shape index (κ1) is 19.2. The molecule has 3 aromatic rings. The van der Waals surface area contributed by atoms with Crippen LogP contribution in [0.1, 0.15) is 28.4 Å². The Morgan fingerprint density at radius 1 is 1.00 bits per heavy atom. The molecule has 0 radical (unpaired) electrons. The van der Waals surface area contributed by atoms with Gasteiger partial charge in [0.25, 0.3) is 5.91 Å². The lowest BCUT2D eigenvalue weighted by Crippen LogP contribution is -2.30. The standard InChI is InChI=1S/C22H21NO5/c1-12-8-9-13(2)18(10-12)23-21(26)14(3)28-22(27)17-11-19(24)15-6-4-5-7-16(15)20(17)25/h4-11,14,24-25H,1-3H3,(H,23,26)/t14-/m0/s1. The van der Waals surface area contributed by atoms with Crippen molar-refractivity contribution in [2.45, 2.75) is 26.9 Å². The number of rotatable bonds is 4. The van der Waals surface area contributed by atoms with Gasteiger partial charge in [-0.05, 0) is 44.0 Å². The predicted octanol–water partition coefficient (Wildman–Crippen LogP) is 4.05. The molecule has 0 spiro atoms. The maximum Gasteiger partial charge on any atom is 0.342 e. The Hall–Kier alpha value is -3.54. The maximum atomic E-state index is 12.5. The third-order valence-corrected chi connectivity index (χ3v) is 4.52. The summed E-state index contributed by atoms with van der Waals surface area (Å²) in [5.41, 5.74) is 2.30. The Labute approximate surface area is 162 Å². The van der Waals surface area contributed by atoms with Gasteiger partial charge in [-0.15, -0.1) is 0 Å². The van der Waals surface area contributed by atoms with E-state index in [1.807, 2.05) is 32.0 Å². The Morgan fingerprint density at radius 2 is 1.68 bits per heavy atom. The van der Waals surface area contributed by atoms with Gasteiger partial charge in [0.2, 0.25) is 0 Å². The molecule has 0 heterocycles. The minimum atomic E-state index is -1.10. The van der Waals surface area contributed by atoms with Gasteiger partial charge in [-0.2, -0.15) is 0 Å². The van der Waals surface area contributed by atoms with Crippen LogP contribution in [0.15, 0.2) is 48.5 Å². The van der Waals surface area contributed by atoms with Crippen LogP contribution in [0.5, 0.6) is 11.5 Å². The second-order valence-corrected chi connectivity index (χ2v) is 6.69. The van der Waals surface area contributed by atoms with Crippen LogP contribution in [0.4, 0.5) is 5.69 Å². The number of phenolic OH excluding ortho intramolecular Hbond substituents is 2. The number of hydrogen-bond donors (Lipinski definition) is 3. The second-order valence-electron chi connectivity index (χ2n) is 6.69. The van der Waals surface area contributed by atoms with E-state index in [-0.39, 0.29) is 17.1 Å². The molecule has 0 bridgehead atoms. The average Bonchev–Trinajstić information content (AvgIpc) is 2.67. The highest BCUT2D eigenvalue weighted by Gasteiger charge is 2.23. The molecule has 0 aliphatic carbocycles. The molecule has 0 aromatic heterocycles. The lowest BCUT2D eigenvalue weighted by molar-refractivity contribution is -0.123. The van der Waals surface area contributed by atoms with Crippen molar-refractivity contribution in [2.24, 2.45) is 0 Å². The molecule has 6 nitrogen and oxygen atoms in total. The van der Waals surface area contributed by atoms with Gasteiger partial charge in [-0.1, -0.05) is 36.4 Å². The van der Waals surface area contributed by atoms with Crippen molar-refractivity contribution in [2.75, 3.05) is 5.32 Å². The molecule has 1 atom stereocenters. The zero-order chi connectivity index (χ0) is 20.4. The van der Waals surface area contributed by atoms with Gasteiger partial charge >= 0.3 is 5.97 Å². The molecule has 1 amide bonds. The largest absolute Gasteiger partial charge is 0.507 e. The van der Waals surface area contributed by atoms with Crippen molar-refractivity contribution in [3.8, 4) is 11.5 Å². The first-order valence-electron chi connectivity index (χ1n) is 8.80. The number of hydrogen-bond acceptors (Lipinski definition) is 5. The quantitative estimate of drug-likeness (QED) is 0.469. The average molecular weight is 379 g/mol. The zero-order valence-corrected chi connectivity index (χ0v) is 15.8. The van der Waals surface area contributed by atoms with Crippen molar-refractivity contribution in [1.82, 2.24) is 0 Å². The van der Waals surface area contributed by atoms with Crippen molar-refractivity contribution in [1.29, 1.82) is 0 Å². The number of amides is 1. The lowest BCUT2D eigenvalue weighted by Gasteiger charge is -2.16. The van der Waals surface area contributed by atoms with Crippen molar-refractivity contribution in [3.63, 3.8) is 0 Å². The number of carbonyl (C=O) groups excluding carboxylic acids is 2. The second kappa shape index (κ2) is 7.60. The van der Waals surface area contributed by atoms with E-state index in [2.05, 4.69) is 5.32 Å².